The molecule has 0 aliphatic heterocycles. The van der Waals surface area contributed by atoms with Crippen molar-refractivity contribution >= 4 is 33.7 Å². The number of rotatable bonds is 1. The molecule has 2 aliphatic rings. The van der Waals surface area contributed by atoms with Crippen molar-refractivity contribution in [1.82, 2.24) is 0 Å². The van der Waals surface area contributed by atoms with E-state index in [4.69, 9.17) is 0 Å². The van der Waals surface area contributed by atoms with E-state index in [-0.39, 0.29) is 0 Å². The van der Waals surface area contributed by atoms with Gasteiger partial charge in [-0.05, 0) is 40.9 Å². The van der Waals surface area contributed by atoms with Crippen molar-refractivity contribution in [2.45, 2.75) is 0 Å². The van der Waals surface area contributed by atoms with Gasteiger partial charge in [0.25, 0.3) is 0 Å². The van der Waals surface area contributed by atoms with Crippen LogP contribution in [0.2, 0.25) is 0 Å². The second-order valence-corrected chi connectivity index (χ2v) is 3.84. The Hall–Kier alpha value is -1.28. The van der Waals surface area contributed by atoms with Crippen LogP contribution in [-0.4, -0.2) is 5.16 Å². The van der Waals surface area contributed by atoms with Crippen LogP contribution in [-0.2, 0) is 0 Å². The van der Waals surface area contributed by atoms with E-state index < -0.39 is 0 Å². The third-order valence-electron chi connectivity index (χ3n) is 1.88. The second kappa shape index (κ2) is 4.29. The third-order valence-corrected chi connectivity index (χ3v) is 2.73. The van der Waals surface area contributed by atoms with E-state index in [1.807, 2.05) is 17.5 Å². The predicted molar refractivity (Wildman–Crippen MR) is 64.4 cm³/mol. The summed E-state index contributed by atoms with van der Waals surface area (Å²) in [7, 11) is 0. The number of hydrogen-bond donors (Lipinski definition) is 0. The zero-order chi connectivity index (χ0) is 9.80. The quantitative estimate of drug-likeness (QED) is 0.440. The lowest BCUT2D eigenvalue weighted by Gasteiger charge is -2.10. The molecule has 3 heteroatoms. The average Bonchev–Trinajstić information content (AvgIpc) is 2.66. The summed E-state index contributed by atoms with van der Waals surface area (Å²) in [5.41, 5.74) is 2.85. The highest BCUT2D eigenvalue weighted by molar-refractivity contribution is 7.78. The number of hydrogen-bond acceptors (Lipinski definition) is 3. The van der Waals surface area contributed by atoms with Gasteiger partial charge >= 0.3 is 0 Å². The Kier molecular flexibility index (Phi) is 2.84. The zero-order valence-corrected chi connectivity index (χ0v) is 8.94. The monoisotopic (exact) mass is 217 g/mol. The lowest BCUT2D eigenvalue weighted by atomic mass is 9.95. The van der Waals surface area contributed by atoms with Crippen LogP contribution in [0.15, 0.2) is 46.8 Å². The first-order valence-corrected chi connectivity index (χ1v) is 5.41. The molecular formula is C11H7NS2. The fourth-order valence-electron chi connectivity index (χ4n) is 1.04. The number of fused-ring (bicyclic) bond motifs is 1. The van der Waals surface area contributed by atoms with Crippen LogP contribution in [0.1, 0.15) is 0 Å². The highest BCUT2D eigenvalue weighted by Crippen LogP contribution is 2.29. The van der Waals surface area contributed by atoms with Crippen molar-refractivity contribution in [3.8, 4) is 11.1 Å². The SMILES string of the molecule is S=C=Nc1cccs1.c1cc2ccc1-2. The Balaban J connectivity index is 0.000000110. The Labute approximate surface area is 91.7 Å². The fraction of sp³-hybridized carbons (Fsp3) is 0. The number of nitrogens with zero attached hydrogens (tertiary/aromatic N) is 1. The van der Waals surface area contributed by atoms with E-state index in [1.54, 1.807) is 11.3 Å². The van der Waals surface area contributed by atoms with Crippen molar-refractivity contribution in [2.24, 2.45) is 4.99 Å². The molecule has 0 saturated heterocycles. The van der Waals surface area contributed by atoms with Crippen molar-refractivity contribution in [3.05, 3.63) is 41.8 Å². The summed E-state index contributed by atoms with van der Waals surface area (Å²) in [6.07, 6.45) is 0. The normalized spacial score (nSPS) is 9.43. The number of thiophene rings is 1. The van der Waals surface area contributed by atoms with E-state index in [0.717, 1.165) is 5.00 Å². The second-order valence-electron chi connectivity index (χ2n) is 2.73. The maximum atomic E-state index is 4.39. The van der Waals surface area contributed by atoms with Crippen molar-refractivity contribution in [1.29, 1.82) is 0 Å². The fourth-order valence-corrected chi connectivity index (χ4v) is 1.75. The van der Waals surface area contributed by atoms with E-state index in [1.165, 1.54) is 11.1 Å². The van der Waals surface area contributed by atoms with Crippen LogP contribution in [0.25, 0.3) is 11.1 Å². The molecule has 0 unspecified atom stereocenters. The average molecular weight is 217 g/mol. The van der Waals surface area contributed by atoms with Gasteiger partial charge in [-0.25, -0.2) is 0 Å². The molecule has 68 valence electrons. The van der Waals surface area contributed by atoms with E-state index in [9.17, 15) is 0 Å². The predicted octanol–water partition coefficient (Wildman–Crippen LogP) is 4.15. The van der Waals surface area contributed by atoms with Gasteiger partial charge < -0.3 is 0 Å². The summed E-state index contributed by atoms with van der Waals surface area (Å²) in [5.74, 6) is 0. The van der Waals surface area contributed by atoms with E-state index >= 15 is 0 Å². The lowest BCUT2D eigenvalue weighted by molar-refractivity contribution is 1.55. The summed E-state index contributed by atoms with van der Waals surface area (Å²) in [5, 5.41) is 5.16. The molecule has 0 amide bonds. The Morgan fingerprint density at radius 1 is 1.07 bits per heavy atom. The van der Waals surface area contributed by atoms with Gasteiger partial charge in [0.1, 0.15) is 5.00 Å². The first-order chi connectivity index (χ1) is 6.90. The smallest absolute Gasteiger partial charge is 0.126 e. The van der Waals surface area contributed by atoms with Gasteiger partial charge in [0.2, 0.25) is 0 Å². The number of aliphatic imine (C=N–C) groups is 1. The van der Waals surface area contributed by atoms with Gasteiger partial charge in [0.05, 0.1) is 5.16 Å². The summed E-state index contributed by atoms with van der Waals surface area (Å²) < 4.78 is 0. The summed E-state index contributed by atoms with van der Waals surface area (Å²) >= 11 is 5.94. The molecule has 0 fully saturated rings. The molecule has 0 aromatic carbocycles. The van der Waals surface area contributed by atoms with Crippen LogP contribution in [0.5, 0.6) is 0 Å². The highest BCUT2D eigenvalue weighted by atomic mass is 32.1. The van der Waals surface area contributed by atoms with E-state index in [2.05, 4.69) is 46.6 Å². The lowest BCUT2D eigenvalue weighted by Crippen LogP contribution is -1.85. The molecule has 2 aliphatic carbocycles. The van der Waals surface area contributed by atoms with Crippen molar-refractivity contribution in [2.75, 3.05) is 0 Å². The number of isothiocyanates is 1. The summed E-state index contributed by atoms with van der Waals surface area (Å²) in [6, 6.07) is 12.3. The first kappa shape index (κ1) is 9.28. The minimum atomic E-state index is 0.917. The topological polar surface area (TPSA) is 12.4 Å². The van der Waals surface area contributed by atoms with Gasteiger partial charge in [-0.2, -0.15) is 4.99 Å². The zero-order valence-electron chi connectivity index (χ0n) is 7.31. The molecule has 0 bridgehead atoms. The van der Waals surface area contributed by atoms with Crippen LogP contribution >= 0.6 is 23.6 Å². The van der Waals surface area contributed by atoms with Crippen LogP contribution in [0.3, 0.4) is 0 Å². The van der Waals surface area contributed by atoms with Crippen LogP contribution in [0, 0.1) is 0 Å². The molecule has 1 aromatic rings. The number of thiocarbonyl (C=S) groups is 1. The Bertz CT molecular complexity index is 430. The molecule has 0 atom stereocenters. The minimum absolute atomic E-state index is 0.917. The largest absolute Gasteiger partial charge is 0.184 e. The van der Waals surface area contributed by atoms with Gasteiger partial charge in [-0.15, -0.1) is 11.3 Å². The van der Waals surface area contributed by atoms with Gasteiger partial charge in [0.15, 0.2) is 0 Å². The van der Waals surface area contributed by atoms with Gasteiger partial charge in [-0.3, -0.25) is 0 Å². The number of benzene rings is 1. The highest BCUT2D eigenvalue weighted by Gasteiger charge is 2.03. The van der Waals surface area contributed by atoms with Crippen LogP contribution in [0.4, 0.5) is 5.00 Å². The molecule has 0 radical (unpaired) electrons. The van der Waals surface area contributed by atoms with Gasteiger partial charge in [0, 0.05) is 0 Å². The summed E-state index contributed by atoms with van der Waals surface area (Å²) in [4.78, 5) is 3.75. The Morgan fingerprint density at radius 3 is 2.00 bits per heavy atom. The maximum Gasteiger partial charge on any atom is 0.126 e. The molecular weight excluding hydrogens is 210 g/mol. The molecule has 3 rings (SSSR count). The molecule has 14 heavy (non-hydrogen) atoms. The van der Waals surface area contributed by atoms with Crippen molar-refractivity contribution in [3.63, 3.8) is 0 Å². The molecule has 1 nitrogen and oxygen atoms in total. The molecule has 0 N–H and O–H groups in total. The maximum absolute atomic E-state index is 4.39. The standard InChI is InChI=1S/C6H4.C5H3NS2/c1-2-6-4-3-5(1)6;7-4-6-5-2-1-3-8-5/h1-4H;1-3H. The first-order valence-electron chi connectivity index (χ1n) is 4.12. The third kappa shape index (κ3) is 1.96. The molecule has 0 saturated carbocycles. The van der Waals surface area contributed by atoms with E-state index in [0.29, 0.717) is 0 Å². The van der Waals surface area contributed by atoms with Crippen LogP contribution < -0.4 is 0 Å². The van der Waals surface area contributed by atoms with Gasteiger partial charge in [-0.1, -0.05) is 24.3 Å². The molecule has 1 heterocycles. The minimum Gasteiger partial charge on any atom is -0.184 e. The molecule has 1 aromatic heterocycles. The molecule has 0 spiro atoms. The Morgan fingerprint density at radius 2 is 1.71 bits per heavy atom. The summed E-state index contributed by atoms with van der Waals surface area (Å²) in [6.45, 7) is 0. The van der Waals surface area contributed by atoms with Crippen molar-refractivity contribution < 1.29 is 0 Å².